The first kappa shape index (κ1) is 32.5. The van der Waals surface area contributed by atoms with Crippen molar-refractivity contribution < 1.29 is 23.8 Å². The number of unbranched alkanes of at least 4 members (excludes halogenated alkanes) is 1. The average molecular weight is 568 g/mol. The Hall–Kier alpha value is -2.97. The number of fused-ring (bicyclic) bond motifs is 1. The highest BCUT2D eigenvalue weighted by Crippen LogP contribution is 2.21. The number of rotatable bonds is 16. The van der Waals surface area contributed by atoms with Crippen LogP contribution in [-0.4, -0.2) is 66.8 Å². The van der Waals surface area contributed by atoms with Crippen molar-refractivity contribution >= 4 is 17.8 Å². The molecule has 0 aliphatic carbocycles. The predicted molar refractivity (Wildman–Crippen MR) is 162 cm³/mol. The molecule has 1 aliphatic heterocycles. The summed E-state index contributed by atoms with van der Waals surface area (Å²) >= 11 is 0. The van der Waals surface area contributed by atoms with E-state index in [2.05, 4.69) is 22.3 Å². The number of anilines is 1. The van der Waals surface area contributed by atoms with E-state index >= 15 is 0 Å². The highest BCUT2D eigenvalue weighted by molar-refractivity contribution is 5.80. The van der Waals surface area contributed by atoms with Gasteiger partial charge >= 0.3 is 11.9 Å². The van der Waals surface area contributed by atoms with Crippen LogP contribution in [0.4, 0.5) is 5.82 Å². The van der Waals surface area contributed by atoms with Gasteiger partial charge in [0.25, 0.3) is 0 Å². The Morgan fingerprint density at radius 3 is 2.59 bits per heavy atom. The summed E-state index contributed by atoms with van der Waals surface area (Å²) < 4.78 is 16.7. The fourth-order valence-electron chi connectivity index (χ4n) is 4.91. The van der Waals surface area contributed by atoms with E-state index in [1.165, 1.54) is 5.56 Å². The Kier molecular flexibility index (Phi) is 13.1. The van der Waals surface area contributed by atoms with Crippen LogP contribution in [0.3, 0.4) is 0 Å². The van der Waals surface area contributed by atoms with Gasteiger partial charge in [0.05, 0.1) is 18.4 Å². The zero-order valence-electron chi connectivity index (χ0n) is 25.6. The minimum atomic E-state index is -0.631. The number of pyridine rings is 1. The van der Waals surface area contributed by atoms with Crippen LogP contribution in [0.15, 0.2) is 42.5 Å². The van der Waals surface area contributed by atoms with Gasteiger partial charge < -0.3 is 24.4 Å². The van der Waals surface area contributed by atoms with Crippen molar-refractivity contribution in [1.29, 1.82) is 0 Å². The second-order valence-corrected chi connectivity index (χ2v) is 12.0. The molecular formula is C33H49N3O5. The number of hydrogen-bond acceptors (Lipinski definition) is 8. The van der Waals surface area contributed by atoms with Crippen LogP contribution in [0, 0.1) is 5.92 Å². The van der Waals surface area contributed by atoms with Crippen LogP contribution in [0.2, 0.25) is 0 Å². The lowest BCUT2D eigenvalue weighted by Crippen LogP contribution is -2.37. The highest BCUT2D eigenvalue weighted by atomic mass is 16.6. The summed E-state index contributed by atoms with van der Waals surface area (Å²) in [5, 5.41) is 3.42. The number of ether oxygens (including phenoxy) is 3. The lowest BCUT2D eigenvalue weighted by Gasteiger charge is -2.28. The van der Waals surface area contributed by atoms with Crippen molar-refractivity contribution in [1.82, 2.24) is 9.88 Å². The monoisotopic (exact) mass is 567 g/mol. The summed E-state index contributed by atoms with van der Waals surface area (Å²) in [4.78, 5) is 33.0. The van der Waals surface area contributed by atoms with E-state index in [9.17, 15) is 9.59 Å². The molecule has 0 saturated heterocycles. The summed E-state index contributed by atoms with van der Waals surface area (Å²) in [7, 11) is 1.71. The number of hydrogen-bond donors (Lipinski definition) is 1. The molecular weight excluding hydrogens is 518 g/mol. The Balaban J connectivity index is 1.54. The lowest BCUT2D eigenvalue weighted by molar-refractivity contribution is -0.164. The van der Waals surface area contributed by atoms with Gasteiger partial charge in [0.2, 0.25) is 0 Å². The zero-order chi connectivity index (χ0) is 29.7. The van der Waals surface area contributed by atoms with E-state index in [1.54, 1.807) is 7.11 Å². The van der Waals surface area contributed by atoms with E-state index in [0.29, 0.717) is 13.0 Å². The van der Waals surface area contributed by atoms with Crippen molar-refractivity contribution in [2.75, 3.05) is 38.6 Å². The predicted octanol–water partition coefficient (Wildman–Crippen LogP) is 5.58. The Morgan fingerprint density at radius 1 is 1.07 bits per heavy atom. The Labute approximate surface area is 246 Å². The van der Waals surface area contributed by atoms with Gasteiger partial charge in [-0.25, -0.2) is 4.98 Å². The van der Waals surface area contributed by atoms with Gasteiger partial charge in [-0.2, -0.15) is 0 Å². The van der Waals surface area contributed by atoms with Gasteiger partial charge in [-0.1, -0.05) is 36.4 Å². The summed E-state index contributed by atoms with van der Waals surface area (Å²) in [6.07, 6.45) is 5.75. The molecule has 2 heterocycles. The molecule has 41 heavy (non-hydrogen) atoms. The lowest BCUT2D eigenvalue weighted by atomic mass is 10.00. The zero-order valence-corrected chi connectivity index (χ0v) is 25.6. The molecule has 0 fully saturated rings. The number of nitrogens with one attached hydrogen (secondary N) is 1. The summed E-state index contributed by atoms with van der Waals surface area (Å²) in [6.45, 7) is 11.0. The maximum Gasteiger partial charge on any atom is 0.310 e. The molecule has 2 atom stereocenters. The van der Waals surface area contributed by atoms with Gasteiger partial charge in [0, 0.05) is 25.9 Å². The third-order valence-electron chi connectivity index (χ3n) is 7.22. The van der Waals surface area contributed by atoms with Gasteiger partial charge in [0.1, 0.15) is 18.0 Å². The van der Waals surface area contributed by atoms with Gasteiger partial charge in [-0.15, -0.1) is 0 Å². The van der Waals surface area contributed by atoms with Gasteiger partial charge in [0.15, 0.2) is 0 Å². The molecule has 0 spiro atoms. The van der Waals surface area contributed by atoms with E-state index in [-0.39, 0.29) is 25.1 Å². The van der Waals surface area contributed by atoms with E-state index in [1.807, 2.05) is 58.0 Å². The summed E-state index contributed by atoms with van der Waals surface area (Å²) in [5.41, 5.74) is 2.71. The number of carbonyl (C=O) groups is 2. The topological polar surface area (TPSA) is 90.0 Å². The molecule has 1 N–H and O–H groups in total. The van der Waals surface area contributed by atoms with Crippen molar-refractivity contribution in [3.05, 3.63) is 59.3 Å². The molecule has 0 saturated carbocycles. The normalized spacial score (nSPS) is 14.6. The SMILES string of the molecule is CO[C@H](C)CN(CCCCc1ccc2c(n1)NCCC2)CC[C@H](CC(=O)OCc1ccccc1)C(=O)OC(C)(C)C. The van der Waals surface area contributed by atoms with Crippen molar-refractivity contribution in [2.45, 2.75) is 91.0 Å². The summed E-state index contributed by atoms with van der Waals surface area (Å²) in [6, 6.07) is 13.9. The first-order chi connectivity index (χ1) is 19.6. The fourth-order valence-corrected chi connectivity index (χ4v) is 4.91. The second kappa shape index (κ2) is 16.5. The minimum Gasteiger partial charge on any atom is -0.461 e. The smallest absolute Gasteiger partial charge is 0.310 e. The van der Waals surface area contributed by atoms with E-state index in [4.69, 9.17) is 19.2 Å². The third-order valence-corrected chi connectivity index (χ3v) is 7.22. The van der Waals surface area contributed by atoms with Crippen molar-refractivity contribution in [2.24, 2.45) is 5.92 Å². The number of methoxy groups -OCH3 is 1. The highest BCUT2D eigenvalue weighted by Gasteiger charge is 2.28. The Bertz CT molecular complexity index is 1090. The first-order valence-electron chi connectivity index (χ1n) is 15.0. The van der Waals surface area contributed by atoms with Crippen LogP contribution in [0.5, 0.6) is 0 Å². The van der Waals surface area contributed by atoms with Crippen LogP contribution in [-0.2, 0) is 43.2 Å². The molecule has 1 aromatic heterocycles. The molecule has 226 valence electrons. The number of aryl methyl sites for hydroxylation is 2. The van der Waals surface area contributed by atoms with Crippen LogP contribution >= 0.6 is 0 Å². The Morgan fingerprint density at radius 2 is 1.85 bits per heavy atom. The summed E-state index contributed by atoms with van der Waals surface area (Å²) in [5.74, 6) is -0.292. The number of carbonyl (C=O) groups excluding carboxylic acids is 2. The van der Waals surface area contributed by atoms with Crippen LogP contribution in [0.1, 0.15) is 76.6 Å². The molecule has 8 nitrogen and oxygen atoms in total. The largest absolute Gasteiger partial charge is 0.461 e. The molecule has 0 amide bonds. The molecule has 1 aliphatic rings. The quantitative estimate of drug-likeness (QED) is 0.208. The molecule has 8 heteroatoms. The maximum absolute atomic E-state index is 13.1. The minimum absolute atomic E-state index is 0.00650. The molecule has 1 aromatic carbocycles. The number of aromatic nitrogens is 1. The first-order valence-corrected chi connectivity index (χ1v) is 15.0. The standard InChI is InChI=1S/C33H49N3O5/c1-25(39-5)23-36(20-10-9-15-29-17-16-27-14-11-19-34-31(27)35-29)21-18-28(32(38)41-33(2,3)4)22-30(37)40-24-26-12-7-6-8-13-26/h6-8,12-13,16-17,25,28H,9-11,14-15,18-24H2,1-5H3,(H,34,35)/t25-,28-/m1/s1. The van der Waals surface area contributed by atoms with E-state index in [0.717, 1.165) is 68.8 Å². The van der Waals surface area contributed by atoms with Crippen molar-refractivity contribution in [3.8, 4) is 0 Å². The molecule has 2 aromatic rings. The van der Waals surface area contributed by atoms with Crippen molar-refractivity contribution in [3.63, 3.8) is 0 Å². The fraction of sp³-hybridized carbons (Fsp3) is 0.606. The van der Waals surface area contributed by atoms with Crippen LogP contribution < -0.4 is 5.32 Å². The number of esters is 2. The third kappa shape index (κ3) is 12.2. The molecule has 0 bridgehead atoms. The molecule has 0 radical (unpaired) electrons. The average Bonchev–Trinajstić information content (AvgIpc) is 2.95. The second-order valence-electron chi connectivity index (χ2n) is 12.0. The van der Waals surface area contributed by atoms with E-state index < -0.39 is 17.5 Å². The molecule has 0 unspecified atom stereocenters. The number of benzene rings is 1. The number of nitrogens with zero attached hydrogens (tertiary/aromatic N) is 2. The van der Waals surface area contributed by atoms with Gasteiger partial charge in [-0.05, 0) is 96.5 Å². The van der Waals surface area contributed by atoms with Gasteiger partial charge in [-0.3, -0.25) is 9.59 Å². The maximum atomic E-state index is 13.1. The van der Waals surface area contributed by atoms with Crippen LogP contribution in [0.25, 0.3) is 0 Å². The molecule has 3 rings (SSSR count).